The molecule has 134 valence electrons. The molecule has 2 amide bonds. The Morgan fingerprint density at radius 1 is 1.36 bits per heavy atom. The molecule has 0 bridgehead atoms. The van der Waals surface area contributed by atoms with E-state index in [1.807, 2.05) is 31.3 Å². The van der Waals surface area contributed by atoms with E-state index >= 15 is 0 Å². The quantitative estimate of drug-likeness (QED) is 0.771. The molecular formula is C19H26N4O2. The third-order valence-corrected chi connectivity index (χ3v) is 4.86. The van der Waals surface area contributed by atoms with Crippen LogP contribution in [0.3, 0.4) is 0 Å². The van der Waals surface area contributed by atoms with E-state index in [4.69, 9.17) is 0 Å². The maximum atomic E-state index is 12.1. The molecule has 2 N–H and O–H groups in total. The number of carbonyl (C=O) groups excluding carboxylic acids is 2. The monoisotopic (exact) mass is 342 g/mol. The van der Waals surface area contributed by atoms with Crippen LogP contribution in [-0.4, -0.2) is 46.8 Å². The third-order valence-electron chi connectivity index (χ3n) is 4.86. The van der Waals surface area contributed by atoms with Crippen LogP contribution < -0.4 is 5.32 Å². The number of imidazole rings is 1. The fraction of sp³-hybridized carbons (Fsp3) is 0.526. The van der Waals surface area contributed by atoms with Crippen LogP contribution >= 0.6 is 0 Å². The average molecular weight is 342 g/mol. The molecule has 2 atom stereocenters. The largest absolute Gasteiger partial charge is 0.355 e. The Bertz CT molecular complexity index is 722. The molecule has 3 rings (SSSR count). The van der Waals surface area contributed by atoms with Crippen LogP contribution in [-0.2, 0) is 16.0 Å². The van der Waals surface area contributed by atoms with Crippen LogP contribution in [0.2, 0.25) is 0 Å². The molecule has 25 heavy (non-hydrogen) atoms. The fourth-order valence-electron chi connectivity index (χ4n) is 3.03. The second-order valence-corrected chi connectivity index (χ2v) is 6.98. The van der Waals surface area contributed by atoms with Gasteiger partial charge in [-0.1, -0.05) is 19.1 Å². The second kappa shape index (κ2) is 7.68. The summed E-state index contributed by atoms with van der Waals surface area (Å²) in [5.74, 6) is 1.77. The molecule has 0 unspecified atom stereocenters. The Hall–Kier alpha value is -2.37. The lowest BCUT2D eigenvalue weighted by Gasteiger charge is -2.17. The van der Waals surface area contributed by atoms with Gasteiger partial charge in [0.2, 0.25) is 11.8 Å². The summed E-state index contributed by atoms with van der Waals surface area (Å²) in [6.07, 6.45) is 2.99. The minimum absolute atomic E-state index is 0.0637. The van der Waals surface area contributed by atoms with Crippen molar-refractivity contribution in [2.45, 2.75) is 32.6 Å². The van der Waals surface area contributed by atoms with E-state index in [0.717, 1.165) is 36.1 Å². The Morgan fingerprint density at radius 3 is 2.84 bits per heavy atom. The first kappa shape index (κ1) is 17.5. The van der Waals surface area contributed by atoms with Crippen molar-refractivity contribution in [3.8, 4) is 0 Å². The minimum Gasteiger partial charge on any atom is -0.355 e. The van der Waals surface area contributed by atoms with Gasteiger partial charge in [0.25, 0.3) is 0 Å². The lowest BCUT2D eigenvalue weighted by molar-refractivity contribution is -0.130. The summed E-state index contributed by atoms with van der Waals surface area (Å²) < 4.78 is 0. The van der Waals surface area contributed by atoms with Gasteiger partial charge in [0.1, 0.15) is 5.82 Å². The zero-order chi connectivity index (χ0) is 17.8. The number of rotatable bonds is 8. The van der Waals surface area contributed by atoms with Crippen molar-refractivity contribution in [3.63, 3.8) is 0 Å². The number of para-hydroxylation sites is 2. The Labute approximate surface area is 148 Å². The lowest BCUT2D eigenvalue weighted by atomic mass is 10.2. The maximum Gasteiger partial charge on any atom is 0.224 e. The van der Waals surface area contributed by atoms with E-state index in [9.17, 15) is 9.59 Å². The first-order chi connectivity index (χ1) is 12.0. The van der Waals surface area contributed by atoms with Crippen molar-refractivity contribution >= 4 is 22.8 Å². The third kappa shape index (κ3) is 4.59. The summed E-state index contributed by atoms with van der Waals surface area (Å²) >= 11 is 0. The number of benzene rings is 1. The molecule has 2 aromatic rings. The predicted molar refractivity (Wildman–Crippen MR) is 96.9 cm³/mol. The van der Waals surface area contributed by atoms with Crippen molar-refractivity contribution in [2.75, 3.05) is 20.1 Å². The lowest BCUT2D eigenvalue weighted by Crippen LogP contribution is -2.33. The molecule has 1 heterocycles. The number of hydrogen-bond acceptors (Lipinski definition) is 3. The van der Waals surface area contributed by atoms with Gasteiger partial charge in [-0.2, -0.15) is 0 Å². The number of nitrogens with one attached hydrogen (secondary N) is 2. The summed E-state index contributed by atoms with van der Waals surface area (Å²) in [6.45, 7) is 3.18. The summed E-state index contributed by atoms with van der Waals surface area (Å²) in [6, 6.07) is 7.96. The van der Waals surface area contributed by atoms with Crippen molar-refractivity contribution < 1.29 is 9.59 Å². The number of aromatic amines is 1. The molecular weight excluding hydrogens is 316 g/mol. The molecule has 0 aliphatic heterocycles. The molecule has 1 aromatic heterocycles. The van der Waals surface area contributed by atoms with E-state index in [0.29, 0.717) is 25.4 Å². The number of nitrogens with zero attached hydrogens (tertiary/aromatic N) is 2. The first-order valence-corrected chi connectivity index (χ1v) is 9.00. The highest BCUT2D eigenvalue weighted by atomic mass is 16.2. The van der Waals surface area contributed by atoms with Crippen molar-refractivity contribution in [2.24, 2.45) is 11.8 Å². The van der Waals surface area contributed by atoms with Gasteiger partial charge in [-0.25, -0.2) is 4.98 Å². The second-order valence-electron chi connectivity index (χ2n) is 6.98. The summed E-state index contributed by atoms with van der Waals surface area (Å²) in [5, 5.41) is 2.86. The number of hydrogen-bond donors (Lipinski definition) is 2. The summed E-state index contributed by atoms with van der Waals surface area (Å²) in [7, 11) is 1.81. The van der Waals surface area contributed by atoms with Gasteiger partial charge < -0.3 is 15.2 Å². The first-order valence-electron chi connectivity index (χ1n) is 9.00. The normalized spacial score (nSPS) is 19.0. The van der Waals surface area contributed by atoms with Crippen LogP contribution in [0, 0.1) is 11.8 Å². The summed E-state index contributed by atoms with van der Waals surface area (Å²) in [5.41, 5.74) is 2.02. The van der Waals surface area contributed by atoms with Crippen molar-refractivity contribution in [1.29, 1.82) is 0 Å². The zero-order valence-corrected chi connectivity index (χ0v) is 14.9. The zero-order valence-electron chi connectivity index (χ0n) is 14.9. The molecule has 1 aliphatic carbocycles. The molecule has 6 nitrogen and oxygen atoms in total. The van der Waals surface area contributed by atoms with Crippen LogP contribution in [0.1, 0.15) is 32.0 Å². The molecule has 0 spiro atoms. The van der Waals surface area contributed by atoms with E-state index in [2.05, 4.69) is 22.2 Å². The van der Waals surface area contributed by atoms with Gasteiger partial charge >= 0.3 is 0 Å². The van der Waals surface area contributed by atoms with Crippen molar-refractivity contribution in [3.05, 3.63) is 30.1 Å². The Kier molecular flexibility index (Phi) is 5.36. The number of amides is 2. The number of H-pyrrole nitrogens is 1. The minimum atomic E-state index is 0.0637. The fourth-order valence-corrected chi connectivity index (χ4v) is 3.03. The van der Waals surface area contributed by atoms with Gasteiger partial charge in [0.05, 0.1) is 11.0 Å². The van der Waals surface area contributed by atoms with Crippen LogP contribution in [0.4, 0.5) is 0 Å². The SMILES string of the molecule is C[C@H]1C[C@@H]1C(=O)NCCC(=O)N(C)CCCc1nc2ccccc2[nH]1. The Balaban J connectivity index is 1.34. The van der Waals surface area contributed by atoms with Gasteiger partial charge in [-0.05, 0) is 30.9 Å². The average Bonchev–Trinajstić information content (AvgIpc) is 3.18. The van der Waals surface area contributed by atoms with Gasteiger partial charge in [-0.3, -0.25) is 9.59 Å². The molecule has 1 aromatic carbocycles. The van der Waals surface area contributed by atoms with E-state index in [1.54, 1.807) is 4.90 Å². The molecule has 1 saturated carbocycles. The highest BCUT2D eigenvalue weighted by Gasteiger charge is 2.38. The van der Waals surface area contributed by atoms with Crippen LogP contribution in [0.5, 0.6) is 0 Å². The standard InChI is InChI=1S/C19H26N4O2/c1-13-12-14(13)19(25)20-10-9-18(24)23(2)11-5-8-17-21-15-6-3-4-7-16(15)22-17/h3-4,6-7,13-14H,5,8-12H2,1-2H3,(H,20,25)(H,21,22)/t13-,14-/m0/s1. The molecule has 0 saturated heterocycles. The topological polar surface area (TPSA) is 78.1 Å². The number of fused-ring (bicyclic) bond motifs is 1. The van der Waals surface area contributed by atoms with E-state index in [-0.39, 0.29) is 17.7 Å². The molecule has 6 heteroatoms. The smallest absolute Gasteiger partial charge is 0.224 e. The Morgan fingerprint density at radius 2 is 2.12 bits per heavy atom. The molecule has 1 fully saturated rings. The van der Waals surface area contributed by atoms with Crippen LogP contribution in [0.15, 0.2) is 24.3 Å². The van der Waals surface area contributed by atoms with E-state index in [1.165, 1.54) is 0 Å². The van der Waals surface area contributed by atoms with E-state index < -0.39 is 0 Å². The molecule has 1 aliphatic rings. The predicted octanol–water partition coefficient (Wildman–Crippen LogP) is 2.12. The van der Waals surface area contributed by atoms with Gasteiger partial charge in [0.15, 0.2) is 0 Å². The molecule has 0 radical (unpaired) electrons. The van der Waals surface area contributed by atoms with Gasteiger partial charge in [0, 0.05) is 38.9 Å². The van der Waals surface area contributed by atoms with Crippen molar-refractivity contribution in [1.82, 2.24) is 20.2 Å². The maximum absolute atomic E-state index is 12.1. The highest BCUT2D eigenvalue weighted by Crippen LogP contribution is 2.37. The van der Waals surface area contributed by atoms with Gasteiger partial charge in [-0.15, -0.1) is 0 Å². The number of aryl methyl sites for hydroxylation is 1. The van der Waals surface area contributed by atoms with Crippen LogP contribution in [0.25, 0.3) is 11.0 Å². The number of aromatic nitrogens is 2. The summed E-state index contributed by atoms with van der Waals surface area (Å²) in [4.78, 5) is 33.4. The highest BCUT2D eigenvalue weighted by molar-refractivity contribution is 5.82. The number of carbonyl (C=O) groups is 2.